The smallest absolute Gasteiger partial charge is 0.302 e. The molecule has 7 nitrogen and oxygen atoms in total. The first kappa shape index (κ1) is 17.7. The van der Waals surface area contributed by atoms with Crippen molar-refractivity contribution in [2.75, 3.05) is 14.2 Å². The van der Waals surface area contributed by atoms with E-state index in [1.54, 1.807) is 50.6 Å². The Labute approximate surface area is 159 Å². The Bertz CT molecular complexity index is 1240. The molecule has 2 aromatic carbocycles. The minimum Gasteiger partial charge on any atom is -0.493 e. The number of ether oxygens (including phenoxy) is 2. The van der Waals surface area contributed by atoms with Gasteiger partial charge in [0.25, 0.3) is 5.91 Å². The zero-order valence-corrected chi connectivity index (χ0v) is 15.3. The summed E-state index contributed by atoms with van der Waals surface area (Å²) in [5.41, 5.74) is 0.994. The Kier molecular flexibility index (Phi) is 4.49. The van der Waals surface area contributed by atoms with E-state index in [0.29, 0.717) is 22.5 Å². The van der Waals surface area contributed by atoms with Gasteiger partial charge in [0.15, 0.2) is 17.3 Å². The summed E-state index contributed by atoms with van der Waals surface area (Å²) in [5.74, 6) is 0.752. The van der Waals surface area contributed by atoms with Gasteiger partial charge in [-0.2, -0.15) is 0 Å². The second kappa shape index (κ2) is 7.11. The fourth-order valence-electron chi connectivity index (χ4n) is 2.97. The van der Waals surface area contributed by atoms with Crippen LogP contribution in [0.25, 0.3) is 22.1 Å². The molecule has 4 rings (SSSR count). The van der Waals surface area contributed by atoms with Crippen LogP contribution in [-0.2, 0) is 6.54 Å². The summed E-state index contributed by atoms with van der Waals surface area (Å²) in [4.78, 5) is 25.0. The van der Waals surface area contributed by atoms with E-state index in [1.165, 1.54) is 6.07 Å². The van der Waals surface area contributed by atoms with Crippen LogP contribution in [-0.4, -0.2) is 20.1 Å². The summed E-state index contributed by atoms with van der Waals surface area (Å²) in [5, 5.41) is 3.42. The van der Waals surface area contributed by atoms with Gasteiger partial charge in [-0.15, -0.1) is 0 Å². The van der Waals surface area contributed by atoms with Gasteiger partial charge in [0.2, 0.25) is 5.43 Å². The topological polar surface area (TPSA) is 90.9 Å². The predicted octanol–water partition coefficient (Wildman–Crippen LogP) is 3.49. The van der Waals surface area contributed by atoms with Crippen LogP contribution in [0.3, 0.4) is 0 Å². The Balaban J connectivity index is 1.58. The fraction of sp³-hybridized carbons (Fsp3) is 0.143. The number of amides is 1. The number of furan rings is 1. The van der Waals surface area contributed by atoms with Gasteiger partial charge in [0.1, 0.15) is 11.0 Å². The molecule has 0 atom stereocenters. The Hall–Kier alpha value is -3.74. The van der Waals surface area contributed by atoms with Gasteiger partial charge in [-0.25, -0.2) is 0 Å². The average molecular weight is 379 g/mol. The van der Waals surface area contributed by atoms with Crippen LogP contribution in [0.5, 0.6) is 11.5 Å². The standard InChI is InChI=1S/C21H17NO6/c1-25-16-8-7-12(9-17(16)26-2)11-22-20(24)18-10-14-19(23)13-5-3-4-6-15(13)27-21(14)28-18/h3-10H,11H2,1-2H3,(H,22,24). The Morgan fingerprint density at radius 3 is 2.54 bits per heavy atom. The van der Waals surface area contributed by atoms with Crippen molar-refractivity contribution in [3.63, 3.8) is 0 Å². The van der Waals surface area contributed by atoms with E-state index in [-0.39, 0.29) is 28.9 Å². The molecule has 0 saturated heterocycles. The molecule has 0 fully saturated rings. The minimum absolute atomic E-state index is 0.00614. The van der Waals surface area contributed by atoms with Gasteiger partial charge in [-0.1, -0.05) is 18.2 Å². The molecule has 2 aromatic heterocycles. The third-order valence-electron chi connectivity index (χ3n) is 4.40. The molecule has 1 amide bonds. The van der Waals surface area contributed by atoms with Crippen LogP contribution >= 0.6 is 0 Å². The van der Waals surface area contributed by atoms with Crippen LogP contribution in [0.15, 0.2) is 62.2 Å². The van der Waals surface area contributed by atoms with Crippen molar-refractivity contribution < 1.29 is 23.1 Å². The molecule has 0 unspecified atom stereocenters. The molecule has 0 aliphatic rings. The van der Waals surface area contributed by atoms with Crippen molar-refractivity contribution in [1.29, 1.82) is 0 Å². The minimum atomic E-state index is -0.454. The second-order valence-corrected chi connectivity index (χ2v) is 6.11. The number of hydrogen-bond acceptors (Lipinski definition) is 6. The van der Waals surface area contributed by atoms with E-state index >= 15 is 0 Å². The maximum atomic E-state index is 12.6. The first-order valence-corrected chi connectivity index (χ1v) is 8.55. The van der Waals surface area contributed by atoms with E-state index in [4.69, 9.17) is 18.3 Å². The average Bonchev–Trinajstić information content (AvgIpc) is 3.16. The number of fused-ring (bicyclic) bond motifs is 2. The maximum Gasteiger partial charge on any atom is 0.302 e. The first-order valence-electron chi connectivity index (χ1n) is 8.55. The zero-order chi connectivity index (χ0) is 19.7. The molecule has 0 spiro atoms. The Morgan fingerprint density at radius 2 is 1.75 bits per heavy atom. The Morgan fingerprint density at radius 1 is 0.964 bits per heavy atom. The van der Waals surface area contributed by atoms with E-state index in [2.05, 4.69) is 5.32 Å². The lowest BCUT2D eigenvalue weighted by Gasteiger charge is -2.09. The number of carbonyl (C=O) groups excluding carboxylic acids is 1. The summed E-state index contributed by atoms with van der Waals surface area (Å²) in [6.07, 6.45) is 0. The number of hydrogen-bond donors (Lipinski definition) is 1. The van der Waals surface area contributed by atoms with Gasteiger partial charge in [0.05, 0.1) is 19.6 Å². The lowest BCUT2D eigenvalue weighted by atomic mass is 10.2. The third-order valence-corrected chi connectivity index (χ3v) is 4.40. The van der Waals surface area contributed by atoms with Crippen LogP contribution in [0, 0.1) is 0 Å². The van der Waals surface area contributed by atoms with E-state index < -0.39 is 5.91 Å². The van der Waals surface area contributed by atoms with Crippen molar-refractivity contribution in [2.45, 2.75) is 6.54 Å². The molecule has 2 heterocycles. The fourth-order valence-corrected chi connectivity index (χ4v) is 2.97. The summed E-state index contributed by atoms with van der Waals surface area (Å²) < 4.78 is 21.5. The van der Waals surface area contributed by atoms with Gasteiger partial charge in [0, 0.05) is 12.6 Å². The number of methoxy groups -OCH3 is 2. The highest BCUT2D eigenvalue weighted by atomic mass is 16.5. The van der Waals surface area contributed by atoms with Crippen molar-refractivity contribution in [3.8, 4) is 11.5 Å². The van der Waals surface area contributed by atoms with Gasteiger partial charge in [-0.05, 0) is 29.8 Å². The van der Waals surface area contributed by atoms with Crippen molar-refractivity contribution >= 4 is 28.0 Å². The maximum absolute atomic E-state index is 12.6. The largest absolute Gasteiger partial charge is 0.493 e. The molecule has 0 aliphatic carbocycles. The highest BCUT2D eigenvalue weighted by Crippen LogP contribution is 2.27. The first-order chi connectivity index (χ1) is 13.6. The highest BCUT2D eigenvalue weighted by molar-refractivity contribution is 5.97. The summed E-state index contributed by atoms with van der Waals surface area (Å²) in [7, 11) is 3.10. The molecule has 1 N–H and O–H groups in total. The quantitative estimate of drug-likeness (QED) is 0.571. The molecular formula is C21H17NO6. The molecule has 0 saturated carbocycles. The van der Waals surface area contributed by atoms with Crippen LogP contribution in [0.4, 0.5) is 0 Å². The molecule has 142 valence electrons. The van der Waals surface area contributed by atoms with Crippen molar-refractivity contribution in [2.24, 2.45) is 0 Å². The lowest BCUT2D eigenvalue weighted by Crippen LogP contribution is -2.22. The molecule has 0 aliphatic heterocycles. The van der Waals surface area contributed by atoms with Gasteiger partial charge < -0.3 is 23.6 Å². The van der Waals surface area contributed by atoms with E-state index in [0.717, 1.165) is 5.56 Å². The molecule has 0 bridgehead atoms. The van der Waals surface area contributed by atoms with E-state index in [9.17, 15) is 9.59 Å². The second-order valence-electron chi connectivity index (χ2n) is 6.11. The number of benzene rings is 2. The molecule has 0 radical (unpaired) electrons. The van der Waals surface area contributed by atoms with E-state index in [1.807, 2.05) is 6.07 Å². The summed E-state index contributed by atoms with van der Waals surface area (Å²) in [6.45, 7) is 0.250. The normalized spacial score (nSPS) is 10.9. The van der Waals surface area contributed by atoms with Crippen molar-refractivity contribution in [1.82, 2.24) is 5.32 Å². The monoisotopic (exact) mass is 379 g/mol. The number of nitrogens with one attached hydrogen (secondary N) is 1. The van der Waals surface area contributed by atoms with Crippen molar-refractivity contribution in [3.05, 3.63) is 70.1 Å². The van der Waals surface area contributed by atoms with Crippen LogP contribution in [0.2, 0.25) is 0 Å². The number of carbonyl (C=O) groups is 1. The number of rotatable bonds is 5. The molecule has 7 heteroatoms. The van der Waals surface area contributed by atoms with Gasteiger partial charge >= 0.3 is 5.78 Å². The van der Waals surface area contributed by atoms with Crippen LogP contribution < -0.4 is 20.2 Å². The van der Waals surface area contributed by atoms with Gasteiger partial charge in [-0.3, -0.25) is 9.59 Å². The molecule has 28 heavy (non-hydrogen) atoms. The highest BCUT2D eigenvalue weighted by Gasteiger charge is 2.17. The SMILES string of the molecule is COc1ccc(CNC(=O)c2cc3c(=O)c4ccccc4oc3o2)cc1OC. The zero-order valence-electron chi connectivity index (χ0n) is 15.3. The number of para-hydroxylation sites is 1. The van der Waals surface area contributed by atoms with Crippen LogP contribution in [0.1, 0.15) is 16.1 Å². The summed E-state index contributed by atoms with van der Waals surface area (Å²) in [6, 6.07) is 13.6. The summed E-state index contributed by atoms with van der Waals surface area (Å²) >= 11 is 0. The third kappa shape index (κ3) is 3.07. The predicted molar refractivity (Wildman–Crippen MR) is 103 cm³/mol. The molecule has 4 aromatic rings. The lowest BCUT2D eigenvalue weighted by molar-refractivity contribution is 0.0923. The molecular weight excluding hydrogens is 362 g/mol.